The minimum absolute atomic E-state index is 0.0741. The van der Waals surface area contributed by atoms with Crippen LogP contribution in [0.5, 0.6) is 5.75 Å². The van der Waals surface area contributed by atoms with Crippen molar-refractivity contribution < 1.29 is 9.47 Å². The Hall–Kier alpha value is -1.06. The van der Waals surface area contributed by atoms with E-state index in [0.29, 0.717) is 12.1 Å². The molecule has 1 N–H and O–H groups in total. The molecule has 1 saturated carbocycles. The van der Waals surface area contributed by atoms with E-state index in [1.54, 1.807) is 0 Å². The van der Waals surface area contributed by atoms with Crippen LogP contribution < -0.4 is 10.1 Å². The second-order valence-electron chi connectivity index (χ2n) is 7.66. The summed E-state index contributed by atoms with van der Waals surface area (Å²) in [5, 5.41) is 3.69. The van der Waals surface area contributed by atoms with Gasteiger partial charge in [-0.15, -0.1) is 0 Å². The van der Waals surface area contributed by atoms with Crippen molar-refractivity contribution >= 4 is 0 Å². The van der Waals surface area contributed by atoms with E-state index in [0.717, 1.165) is 25.1 Å². The Morgan fingerprint density at radius 2 is 2.05 bits per heavy atom. The van der Waals surface area contributed by atoms with Gasteiger partial charge in [-0.3, -0.25) is 0 Å². The Morgan fingerprint density at radius 1 is 1.29 bits per heavy atom. The Bertz CT molecular complexity index is 536. The zero-order valence-corrected chi connectivity index (χ0v) is 13.8. The summed E-state index contributed by atoms with van der Waals surface area (Å²) in [6.07, 6.45) is 2.45. The topological polar surface area (TPSA) is 30.5 Å². The predicted molar refractivity (Wildman–Crippen MR) is 84.7 cm³/mol. The van der Waals surface area contributed by atoms with Crippen molar-refractivity contribution in [1.82, 2.24) is 5.32 Å². The van der Waals surface area contributed by atoms with E-state index >= 15 is 0 Å². The van der Waals surface area contributed by atoms with Gasteiger partial charge < -0.3 is 14.8 Å². The molecule has 0 amide bonds. The molecule has 2 unspecified atom stereocenters. The summed E-state index contributed by atoms with van der Waals surface area (Å²) in [6.45, 7) is 9.73. The number of hydrogen-bond donors (Lipinski definition) is 1. The molecular formula is C18H27NO2. The van der Waals surface area contributed by atoms with Crippen molar-refractivity contribution in [1.29, 1.82) is 0 Å². The third-order valence-corrected chi connectivity index (χ3v) is 5.17. The minimum Gasteiger partial charge on any atom is -0.487 e. The first-order valence-electron chi connectivity index (χ1n) is 7.89. The summed E-state index contributed by atoms with van der Waals surface area (Å²) >= 11 is 0. The summed E-state index contributed by atoms with van der Waals surface area (Å²) < 4.78 is 11.7. The van der Waals surface area contributed by atoms with Crippen molar-refractivity contribution in [3.05, 3.63) is 29.3 Å². The van der Waals surface area contributed by atoms with Gasteiger partial charge in [-0.1, -0.05) is 32.0 Å². The average Bonchev–Trinajstić information content (AvgIpc) is 2.72. The molecule has 116 valence electrons. The fourth-order valence-electron chi connectivity index (χ4n) is 3.68. The van der Waals surface area contributed by atoms with Crippen molar-refractivity contribution in [3.63, 3.8) is 0 Å². The van der Waals surface area contributed by atoms with Crippen LogP contribution in [0.15, 0.2) is 18.2 Å². The molecular weight excluding hydrogens is 262 g/mol. The molecule has 3 nitrogen and oxygen atoms in total. The lowest BCUT2D eigenvalue weighted by Crippen LogP contribution is -2.60. The fourth-order valence-corrected chi connectivity index (χ4v) is 3.68. The van der Waals surface area contributed by atoms with Crippen LogP contribution in [-0.4, -0.2) is 24.9 Å². The number of ether oxygens (including phenoxy) is 2. The van der Waals surface area contributed by atoms with Gasteiger partial charge in [0.05, 0.1) is 6.10 Å². The number of hydrogen-bond acceptors (Lipinski definition) is 3. The Morgan fingerprint density at radius 3 is 2.71 bits per heavy atom. The Labute approximate surface area is 128 Å². The van der Waals surface area contributed by atoms with Crippen LogP contribution >= 0.6 is 0 Å². The SMILES string of the molecule is COC1CC(NCc2cccc3c2OC(C)(C)C3)C1(C)C. The number of nitrogens with one attached hydrogen (secondary N) is 1. The van der Waals surface area contributed by atoms with Gasteiger partial charge in [0.25, 0.3) is 0 Å². The number of para-hydroxylation sites is 1. The molecule has 1 aliphatic heterocycles. The molecule has 0 saturated heterocycles. The van der Waals surface area contributed by atoms with Crippen LogP contribution in [0.25, 0.3) is 0 Å². The number of benzene rings is 1. The summed E-state index contributed by atoms with van der Waals surface area (Å²) in [4.78, 5) is 0. The van der Waals surface area contributed by atoms with Crippen molar-refractivity contribution in [3.8, 4) is 5.75 Å². The number of methoxy groups -OCH3 is 1. The predicted octanol–water partition coefficient (Wildman–Crippen LogP) is 3.30. The van der Waals surface area contributed by atoms with Gasteiger partial charge in [0, 0.05) is 37.1 Å². The van der Waals surface area contributed by atoms with Crippen LogP contribution in [0, 0.1) is 5.41 Å². The molecule has 3 rings (SSSR count). The van der Waals surface area contributed by atoms with E-state index in [1.165, 1.54) is 11.1 Å². The van der Waals surface area contributed by atoms with E-state index in [2.05, 4.69) is 51.2 Å². The Kier molecular flexibility index (Phi) is 3.53. The summed E-state index contributed by atoms with van der Waals surface area (Å²) in [5.41, 5.74) is 2.74. The molecule has 1 aromatic carbocycles. The lowest BCUT2D eigenvalue weighted by Gasteiger charge is -2.51. The highest BCUT2D eigenvalue weighted by Crippen LogP contribution is 2.43. The lowest BCUT2D eigenvalue weighted by atomic mass is 9.64. The molecule has 1 aromatic rings. The first-order chi connectivity index (χ1) is 9.83. The summed E-state index contributed by atoms with van der Waals surface area (Å²) in [6, 6.07) is 7.01. The molecule has 1 heterocycles. The molecule has 2 atom stereocenters. The molecule has 3 heteroatoms. The first kappa shape index (κ1) is 14.9. The van der Waals surface area contributed by atoms with Crippen LogP contribution in [0.1, 0.15) is 45.2 Å². The lowest BCUT2D eigenvalue weighted by molar-refractivity contribution is -0.0979. The van der Waals surface area contributed by atoms with E-state index in [4.69, 9.17) is 9.47 Å². The molecule has 0 spiro atoms. The van der Waals surface area contributed by atoms with Crippen LogP contribution in [0.3, 0.4) is 0 Å². The maximum atomic E-state index is 6.14. The largest absolute Gasteiger partial charge is 0.487 e. The minimum atomic E-state index is -0.0741. The molecule has 0 aromatic heterocycles. The fraction of sp³-hybridized carbons (Fsp3) is 0.667. The van der Waals surface area contributed by atoms with Gasteiger partial charge in [0.15, 0.2) is 0 Å². The molecule has 0 radical (unpaired) electrons. The highest BCUT2D eigenvalue weighted by atomic mass is 16.5. The highest BCUT2D eigenvalue weighted by Gasteiger charge is 2.48. The van der Waals surface area contributed by atoms with Crippen LogP contribution in [-0.2, 0) is 17.7 Å². The second kappa shape index (κ2) is 4.99. The van der Waals surface area contributed by atoms with Crippen LogP contribution in [0.4, 0.5) is 0 Å². The monoisotopic (exact) mass is 289 g/mol. The highest BCUT2D eigenvalue weighted by molar-refractivity contribution is 5.45. The quantitative estimate of drug-likeness (QED) is 0.922. The van der Waals surface area contributed by atoms with Gasteiger partial charge in [-0.05, 0) is 25.8 Å². The van der Waals surface area contributed by atoms with E-state index in [-0.39, 0.29) is 11.0 Å². The summed E-state index contributed by atoms with van der Waals surface area (Å²) in [5.74, 6) is 1.09. The zero-order chi connectivity index (χ0) is 15.3. The summed E-state index contributed by atoms with van der Waals surface area (Å²) in [7, 11) is 1.81. The molecule has 21 heavy (non-hydrogen) atoms. The molecule has 2 aliphatic rings. The molecule has 1 aliphatic carbocycles. The third-order valence-electron chi connectivity index (χ3n) is 5.17. The maximum absolute atomic E-state index is 6.14. The smallest absolute Gasteiger partial charge is 0.127 e. The Balaban J connectivity index is 1.67. The van der Waals surface area contributed by atoms with Gasteiger partial charge >= 0.3 is 0 Å². The standard InChI is InChI=1S/C18H27NO2/c1-17(2)10-12-7-6-8-13(16(12)21-17)11-19-14-9-15(20-5)18(14,3)4/h6-8,14-15,19H,9-11H2,1-5H3. The van der Waals surface area contributed by atoms with Crippen LogP contribution in [0.2, 0.25) is 0 Å². The van der Waals surface area contributed by atoms with E-state index in [1.807, 2.05) is 7.11 Å². The molecule has 0 bridgehead atoms. The third kappa shape index (κ3) is 2.58. The van der Waals surface area contributed by atoms with Crippen molar-refractivity contribution in [2.75, 3.05) is 7.11 Å². The molecule has 1 fully saturated rings. The number of rotatable bonds is 4. The van der Waals surface area contributed by atoms with Crippen molar-refractivity contribution in [2.24, 2.45) is 5.41 Å². The van der Waals surface area contributed by atoms with Gasteiger partial charge in [0.2, 0.25) is 0 Å². The normalized spacial score (nSPS) is 28.6. The van der Waals surface area contributed by atoms with Gasteiger partial charge in [-0.25, -0.2) is 0 Å². The second-order valence-corrected chi connectivity index (χ2v) is 7.66. The van der Waals surface area contributed by atoms with Gasteiger partial charge in [0.1, 0.15) is 11.4 Å². The first-order valence-corrected chi connectivity index (χ1v) is 7.89. The number of fused-ring (bicyclic) bond motifs is 1. The van der Waals surface area contributed by atoms with Gasteiger partial charge in [-0.2, -0.15) is 0 Å². The maximum Gasteiger partial charge on any atom is 0.127 e. The van der Waals surface area contributed by atoms with E-state index < -0.39 is 0 Å². The average molecular weight is 289 g/mol. The van der Waals surface area contributed by atoms with E-state index in [9.17, 15) is 0 Å². The zero-order valence-electron chi connectivity index (χ0n) is 13.8. The van der Waals surface area contributed by atoms with Crippen molar-refractivity contribution in [2.45, 2.75) is 64.8 Å².